The highest BCUT2D eigenvalue weighted by Gasteiger charge is 1.99. The zero-order valence-corrected chi connectivity index (χ0v) is 12.4. The Hall–Kier alpha value is -2.55. The second-order valence-electron chi connectivity index (χ2n) is 5.35. The molecule has 2 aromatic carbocycles. The Labute approximate surface area is 125 Å². The van der Waals surface area contributed by atoms with Crippen molar-refractivity contribution in [2.45, 2.75) is 20.4 Å². The maximum absolute atomic E-state index is 4.23. The van der Waals surface area contributed by atoms with Gasteiger partial charge in [0, 0.05) is 24.6 Å². The molecular weight excluding hydrogens is 258 g/mol. The van der Waals surface area contributed by atoms with Gasteiger partial charge in [0.1, 0.15) is 0 Å². The van der Waals surface area contributed by atoms with Crippen LogP contribution in [0.25, 0.3) is 5.69 Å². The molecule has 0 radical (unpaired) electrons. The van der Waals surface area contributed by atoms with E-state index in [1.165, 1.54) is 16.7 Å². The van der Waals surface area contributed by atoms with Crippen LogP contribution in [0.1, 0.15) is 16.7 Å². The summed E-state index contributed by atoms with van der Waals surface area (Å²) in [5.74, 6) is 0. The summed E-state index contributed by atoms with van der Waals surface area (Å²) in [6.07, 6.45) is 3.73. The lowest BCUT2D eigenvalue weighted by Crippen LogP contribution is -2.01. The molecule has 0 aliphatic rings. The predicted octanol–water partition coefficient (Wildman–Crippen LogP) is 4.10. The highest BCUT2D eigenvalue weighted by atomic mass is 15.3. The van der Waals surface area contributed by atoms with Gasteiger partial charge in [-0.25, -0.2) is 4.68 Å². The lowest BCUT2D eigenvalue weighted by molar-refractivity contribution is 0.880. The van der Waals surface area contributed by atoms with Gasteiger partial charge in [-0.15, -0.1) is 0 Å². The van der Waals surface area contributed by atoms with Crippen molar-refractivity contribution in [2.24, 2.45) is 0 Å². The molecule has 0 unspecified atom stereocenters. The molecule has 0 aliphatic carbocycles. The van der Waals surface area contributed by atoms with Gasteiger partial charge in [0.05, 0.1) is 5.69 Å². The molecule has 0 amide bonds. The van der Waals surface area contributed by atoms with Gasteiger partial charge in [0.2, 0.25) is 0 Å². The van der Waals surface area contributed by atoms with Crippen molar-refractivity contribution in [1.82, 2.24) is 9.78 Å². The first kappa shape index (κ1) is 13.4. The molecule has 106 valence electrons. The lowest BCUT2D eigenvalue weighted by atomic mass is 10.1. The lowest BCUT2D eigenvalue weighted by Gasteiger charge is -2.09. The smallest absolute Gasteiger partial charge is 0.0647 e. The van der Waals surface area contributed by atoms with Crippen molar-refractivity contribution in [3.05, 3.63) is 77.6 Å². The number of hydrogen-bond donors (Lipinski definition) is 1. The van der Waals surface area contributed by atoms with E-state index < -0.39 is 0 Å². The third kappa shape index (κ3) is 3.31. The second kappa shape index (κ2) is 5.83. The van der Waals surface area contributed by atoms with Crippen LogP contribution in [-0.2, 0) is 6.54 Å². The zero-order chi connectivity index (χ0) is 14.7. The molecule has 1 heterocycles. The summed E-state index contributed by atoms with van der Waals surface area (Å²) in [7, 11) is 0. The van der Waals surface area contributed by atoms with Crippen LogP contribution in [-0.4, -0.2) is 9.78 Å². The standard InChI is InChI=1S/C18H19N3/c1-14-10-15(2)12-16(11-14)13-19-17-4-6-18(7-5-17)21-9-3-8-20-21/h3-12,19H,13H2,1-2H3. The van der Waals surface area contributed by atoms with Crippen LogP contribution in [0.5, 0.6) is 0 Å². The first-order chi connectivity index (χ1) is 10.2. The fourth-order valence-electron chi connectivity index (χ4n) is 2.53. The molecule has 3 rings (SSSR count). The Morgan fingerprint density at radius 1 is 1.00 bits per heavy atom. The quantitative estimate of drug-likeness (QED) is 0.778. The Kier molecular flexibility index (Phi) is 3.73. The number of benzene rings is 2. The van der Waals surface area contributed by atoms with E-state index in [4.69, 9.17) is 0 Å². The highest BCUT2D eigenvalue weighted by Crippen LogP contribution is 2.15. The summed E-state index contributed by atoms with van der Waals surface area (Å²) in [5.41, 5.74) is 6.10. The van der Waals surface area contributed by atoms with Gasteiger partial charge in [-0.3, -0.25) is 0 Å². The number of aryl methyl sites for hydroxylation is 2. The van der Waals surface area contributed by atoms with Crippen LogP contribution < -0.4 is 5.32 Å². The van der Waals surface area contributed by atoms with E-state index >= 15 is 0 Å². The van der Waals surface area contributed by atoms with Gasteiger partial charge < -0.3 is 5.32 Å². The van der Waals surface area contributed by atoms with E-state index in [2.05, 4.69) is 66.7 Å². The Balaban J connectivity index is 1.68. The molecule has 0 fully saturated rings. The van der Waals surface area contributed by atoms with Crippen molar-refractivity contribution in [3.8, 4) is 5.69 Å². The van der Waals surface area contributed by atoms with Crippen molar-refractivity contribution in [2.75, 3.05) is 5.32 Å². The fourth-order valence-corrected chi connectivity index (χ4v) is 2.53. The molecule has 0 atom stereocenters. The monoisotopic (exact) mass is 277 g/mol. The Morgan fingerprint density at radius 2 is 1.71 bits per heavy atom. The van der Waals surface area contributed by atoms with Crippen molar-refractivity contribution >= 4 is 5.69 Å². The number of nitrogens with zero attached hydrogens (tertiary/aromatic N) is 2. The maximum atomic E-state index is 4.23. The number of rotatable bonds is 4. The van der Waals surface area contributed by atoms with Gasteiger partial charge in [0.15, 0.2) is 0 Å². The molecular formula is C18H19N3. The Morgan fingerprint density at radius 3 is 2.33 bits per heavy atom. The Bertz CT molecular complexity index is 692. The summed E-state index contributed by atoms with van der Waals surface area (Å²) in [4.78, 5) is 0. The number of aromatic nitrogens is 2. The van der Waals surface area contributed by atoms with Crippen LogP contribution in [0.15, 0.2) is 60.9 Å². The molecule has 3 nitrogen and oxygen atoms in total. The number of anilines is 1. The van der Waals surface area contributed by atoms with Gasteiger partial charge in [-0.2, -0.15) is 5.10 Å². The summed E-state index contributed by atoms with van der Waals surface area (Å²) < 4.78 is 1.85. The molecule has 21 heavy (non-hydrogen) atoms. The molecule has 0 saturated heterocycles. The maximum Gasteiger partial charge on any atom is 0.0647 e. The van der Waals surface area contributed by atoms with E-state index in [9.17, 15) is 0 Å². The third-order valence-corrected chi connectivity index (χ3v) is 3.41. The predicted molar refractivity (Wildman–Crippen MR) is 86.8 cm³/mol. The van der Waals surface area contributed by atoms with Gasteiger partial charge in [-0.1, -0.05) is 29.3 Å². The molecule has 1 N–H and O–H groups in total. The summed E-state index contributed by atoms with van der Waals surface area (Å²) in [6.45, 7) is 5.11. The molecule has 0 aliphatic heterocycles. The molecule has 3 heteroatoms. The summed E-state index contributed by atoms with van der Waals surface area (Å²) in [5, 5.41) is 7.68. The van der Waals surface area contributed by atoms with Gasteiger partial charge in [0.25, 0.3) is 0 Å². The molecule has 0 saturated carbocycles. The third-order valence-electron chi connectivity index (χ3n) is 3.41. The average molecular weight is 277 g/mol. The number of hydrogen-bond acceptors (Lipinski definition) is 2. The molecule has 0 bridgehead atoms. The highest BCUT2D eigenvalue weighted by molar-refractivity contribution is 5.49. The van der Waals surface area contributed by atoms with Crippen molar-refractivity contribution < 1.29 is 0 Å². The molecule has 1 aromatic heterocycles. The summed E-state index contributed by atoms with van der Waals surface area (Å²) >= 11 is 0. The molecule has 0 spiro atoms. The van der Waals surface area contributed by atoms with Crippen molar-refractivity contribution in [1.29, 1.82) is 0 Å². The van der Waals surface area contributed by atoms with Crippen LogP contribution >= 0.6 is 0 Å². The largest absolute Gasteiger partial charge is 0.381 e. The first-order valence-electron chi connectivity index (χ1n) is 7.12. The van der Waals surface area contributed by atoms with Crippen LogP contribution in [0, 0.1) is 13.8 Å². The summed E-state index contributed by atoms with van der Waals surface area (Å²) in [6, 6.07) is 16.9. The van der Waals surface area contributed by atoms with Crippen molar-refractivity contribution in [3.63, 3.8) is 0 Å². The van der Waals surface area contributed by atoms with Crippen LogP contribution in [0.3, 0.4) is 0 Å². The fraction of sp³-hybridized carbons (Fsp3) is 0.167. The topological polar surface area (TPSA) is 29.9 Å². The SMILES string of the molecule is Cc1cc(C)cc(CNc2ccc(-n3cccn3)cc2)c1. The van der Waals surface area contributed by atoms with E-state index in [0.29, 0.717) is 0 Å². The minimum absolute atomic E-state index is 0.837. The van der Waals surface area contributed by atoms with Crippen LogP contribution in [0.2, 0.25) is 0 Å². The van der Waals surface area contributed by atoms with Gasteiger partial charge >= 0.3 is 0 Å². The van der Waals surface area contributed by atoms with Crippen LogP contribution in [0.4, 0.5) is 5.69 Å². The van der Waals surface area contributed by atoms with Gasteiger partial charge in [-0.05, 0) is 49.7 Å². The minimum Gasteiger partial charge on any atom is -0.381 e. The van der Waals surface area contributed by atoms with E-state index in [1.807, 2.05) is 16.9 Å². The number of nitrogens with one attached hydrogen (secondary N) is 1. The second-order valence-corrected chi connectivity index (χ2v) is 5.35. The molecule has 3 aromatic rings. The normalized spacial score (nSPS) is 10.6. The van der Waals surface area contributed by atoms with E-state index in [1.54, 1.807) is 6.20 Å². The average Bonchev–Trinajstić information content (AvgIpc) is 2.99. The zero-order valence-electron chi connectivity index (χ0n) is 12.4. The first-order valence-corrected chi connectivity index (χ1v) is 7.12. The minimum atomic E-state index is 0.837. The van der Waals surface area contributed by atoms with E-state index in [-0.39, 0.29) is 0 Å². The van der Waals surface area contributed by atoms with E-state index in [0.717, 1.165) is 17.9 Å².